The summed E-state index contributed by atoms with van der Waals surface area (Å²) in [5, 5.41) is 0. The molecular weight excluding hydrogens is 316 g/mol. The van der Waals surface area contributed by atoms with Gasteiger partial charge in [0.2, 0.25) is 0 Å². The molecule has 0 heterocycles. The predicted octanol–water partition coefficient (Wildman–Crippen LogP) is 4.16. The normalized spacial score (nSPS) is 12.0. The molecule has 0 aliphatic heterocycles. The highest BCUT2D eigenvalue weighted by Crippen LogP contribution is 2.16. The summed E-state index contributed by atoms with van der Waals surface area (Å²) >= 11 is 0. The van der Waals surface area contributed by atoms with Crippen LogP contribution in [-0.4, -0.2) is 24.8 Å². The molecule has 0 bridgehead atoms. The number of ether oxygens (including phenoxy) is 3. The third kappa shape index (κ3) is 6.59. The third-order valence-electron chi connectivity index (χ3n) is 3.58. The first kappa shape index (κ1) is 19.0. The average Bonchev–Trinajstić information content (AvgIpc) is 2.61. The molecule has 25 heavy (non-hydrogen) atoms. The zero-order chi connectivity index (χ0) is 18.1. The Kier molecular flexibility index (Phi) is 7.48. The molecule has 0 amide bonds. The van der Waals surface area contributed by atoms with E-state index in [4.69, 9.17) is 14.2 Å². The number of carbonyl (C=O) groups is 1. The van der Waals surface area contributed by atoms with Crippen LogP contribution in [0.1, 0.15) is 31.9 Å². The van der Waals surface area contributed by atoms with Gasteiger partial charge in [-0.15, -0.1) is 0 Å². The van der Waals surface area contributed by atoms with Crippen LogP contribution >= 0.6 is 0 Å². The first-order valence-electron chi connectivity index (χ1n) is 8.66. The first-order valence-corrected chi connectivity index (χ1v) is 8.66. The summed E-state index contributed by atoms with van der Waals surface area (Å²) in [5.74, 6) is 0.478. The van der Waals surface area contributed by atoms with Crippen molar-refractivity contribution < 1.29 is 19.0 Å². The van der Waals surface area contributed by atoms with E-state index in [-0.39, 0.29) is 12.1 Å². The van der Waals surface area contributed by atoms with Gasteiger partial charge in [-0.3, -0.25) is 0 Å². The second-order valence-electron chi connectivity index (χ2n) is 6.05. The van der Waals surface area contributed by atoms with Gasteiger partial charge in [0.05, 0.1) is 6.10 Å². The highest BCUT2D eigenvalue weighted by molar-refractivity contribution is 5.75. The standard InChI is InChI=1S/C21H26O4/c1-4-23-20(21(22)25-16(2)3)14-17-10-12-19(13-11-17)24-15-18-8-6-5-7-9-18/h5-13,16,20H,4,14-15H2,1-3H3/t20-/m1/s1. The van der Waals surface area contributed by atoms with Crippen LogP contribution in [0.4, 0.5) is 0 Å². The Morgan fingerprint density at radius 3 is 2.24 bits per heavy atom. The fourth-order valence-electron chi connectivity index (χ4n) is 2.40. The van der Waals surface area contributed by atoms with Gasteiger partial charge in [0, 0.05) is 13.0 Å². The molecule has 2 aromatic carbocycles. The molecule has 0 spiro atoms. The van der Waals surface area contributed by atoms with Crippen LogP contribution in [0.3, 0.4) is 0 Å². The van der Waals surface area contributed by atoms with E-state index in [1.165, 1.54) is 0 Å². The van der Waals surface area contributed by atoms with Gasteiger partial charge in [0.15, 0.2) is 6.10 Å². The molecule has 2 aromatic rings. The van der Waals surface area contributed by atoms with Crippen molar-refractivity contribution in [2.75, 3.05) is 6.61 Å². The van der Waals surface area contributed by atoms with Gasteiger partial charge in [-0.2, -0.15) is 0 Å². The summed E-state index contributed by atoms with van der Waals surface area (Å²) in [4.78, 5) is 12.1. The van der Waals surface area contributed by atoms with Gasteiger partial charge in [-0.05, 0) is 44.0 Å². The average molecular weight is 342 g/mol. The van der Waals surface area contributed by atoms with Crippen molar-refractivity contribution in [3.05, 3.63) is 65.7 Å². The summed E-state index contributed by atoms with van der Waals surface area (Å²) < 4.78 is 16.6. The van der Waals surface area contributed by atoms with Gasteiger partial charge in [-0.25, -0.2) is 4.79 Å². The lowest BCUT2D eigenvalue weighted by molar-refractivity contribution is -0.160. The molecule has 0 unspecified atom stereocenters. The molecule has 0 aliphatic carbocycles. The number of hydrogen-bond acceptors (Lipinski definition) is 4. The zero-order valence-corrected chi connectivity index (χ0v) is 15.1. The molecule has 4 nitrogen and oxygen atoms in total. The Labute approximate surface area is 149 Å². The Balaban J connectivity index is 1.92. The lowest BCUT2D eigenvalue weighted by Crippen LogP contribution is -2.30. The van der Waals surface area contributed by atoms with Crippen molar-refractivity contribution in [3.63, 3.8) is 0 Å². The first-order chi connectivity index (χ1) is 12.1. The van der Waals surface area contributed by atoms with E-state index < -0.39 is 6.10 Å². The number of rotatable bonds is 9. The molecule has 0 saturated carbocycles. The fraction of sp³-hybridized carbons (Fsp3) is 0.381. The highest BCUT2D eigenvalue weighted by atomic mass is 16.6. The molecule has 4 heteroatoms. The lowest BCUT2D eigenvalue weighted by Gasteiger charge is -2.18. The molecule has 0 aliphatic rings. The molecule has 0 N–H and O–H groups in total. The molecule has 1 atom stereocenters. The molecular formula is C21H26O4. The fourth-order valence-corrected chi connectivity index (χ4v) is 2.40. The van der Waals surface area contributed by atoms with Gasteiger partial charge in [0.1, 0.15) is 12.4 Å². The van der Waals surface area contributed by atoms with Crippen molar-refractivity contribution in [1.29, 1.82) is 0 Å². The van der Waals surface area contributed by atoms with Crippen molar-refractivity contribution in [2.45, 2.75) is 46.0 Å². The van der Waals surface area contributed by atoms with E-state index in [1.54, 1.807) is 0 Å². The Morgan fingerprint density at radius 2 is 1.64 bits per heavy atom. The van der Waals surface area contributed by atoms with E-state index >= 15 is 0 Å². The smallest absolute Gasteiger partial charge is 0.335 e. The molecule has 0 aromatic heterocycles. The van der Waals surface area contributed by atoms with Crippen LogP contribution in [0.5, 0.6) is 5.75 Å². The van der Waals surface area contributed by atoms with Gasteiger partial charge in [0.25, 0.3) is 0 Å². The highest BCUT2D eigenvalue weighted by Gasteiger charge is 2.21. The number of benzene rings is 2. The maximum atomic E-state index is 12.1. The van der Waals surface area contributed by atoms with Crippen LogP contribution in [0, 0.1) is 0 Å². The van der Waals surface area contributed by atoms with Crippen LogP contribution in [0.2, 0.25) is 0 Å². The SMILES string of the molecule is CCO[C@H](Cc1ccc(OCc2ccccc2)cc1)C(=O)OC(C)C. The van der Waals surface area contributed by atoms with E-state index in [0.29, 0.717) is 19.6 Å². The lowest BCUT2D eigenvalue weighted by atomic mass is 10.1. The maximum Gasteiger partial charge on any atom is 0.335 e. The molecule has 0 fully saturated rings. The Bertz CT molecular complexity index is 635. The third-order valence-corrected chi connectivity index (χ3v) is 3.58. The van der Waals surface area contributed by atoms with Crippen LogP contribution in [0.15, 0.2) is 54.6 Å². The largest absolute Gasteiger partial charge is 0.489 e. The Hall–Kier alpha value is -2.33. The minimum Gasteiger partial charge on any atom is -0.489 e. The summed E-state index contributed by atoms with van der Waals surface area (Å²) in [7, 11) is 0. The van der Waals surface area contributed by atoms with Gasteiger partial charge < -0.3 is 14.2 Å². The van der Waals surface area contributed by atoms with E-state index in [2.05, 4.69) is 0 Å². The number of carbonyl (C=O) groups excluding carboxylic acids is 1. The van der Waals surface area contributed by atoms with Crippen LogP contribution in [0.25, 0.3) is 0 Å². The predicted molar refractivity (Wildman–Crippen MR) is 97.6 cm³/mol. The number of esters is 1. The van der Waals surface area contributed by atoms with Crippen molar-refractivity contribution in [2.24, 2.45) is 0 Å². The van der Waals surface area contributed by atoms with E-state index in [9.17, 15) is 4.79 Å². The second-order valence-corrected chi connectivity index (χ2v) is 6.05. The summed E-state index contributed by atoms with van der Waals surface area (Å²) in [5.41, 5.74) is 2.13. The van der Waals surface area contributed by atoms with Crippen molar-refractivity contribution >= 4 is 5.97 Å². The molecule has 2 rings (SSSR count). The number of hydrogen-bond donors (Lipinski definition) is 0. The summed E-state index contributed by atoms with van der Waals surface area (Å²) in [6.07, 6.45) is -0.244. The molecule has 0 radical (unpaired) electrons. The second kappa shape index (κ2) is 9.84. The monoisotopic (exact) mass is 342 g/mol. The van der Waals surface area contributed by atoms with E-state index in [0.717, 1.165) is 16.9 Å². The van der Waals surface area contributed by atoms with E-state index in [1.807, 2.05) is 75.4 Å². The maximum absolute atomic E-state index is 12.1. The summed E-state index contributed by atoms with van der Waals surface area (Å²) in [6, 6.07) is 17.8. The molecule has 0 saturated heterocycles. The zero-order valence-electron chi connectivity index (χ0n) is 15.1. The van der Waals surface area contributed by atoms with Gasteiger partial charge >= 0.3 is 5.97 Å². The van der Waals surface area contributed by atoms with Gasteiger partial charge in [-0.1, -0.05) is 42.5 Å². The van der Waals surface area contributed by atoms with Crippen molar-refractivity contribution in [1.82, 2.24) is 0 Å². The Morgan fingerprint density at radius 1 is 0.960 bits per heavy atom. The van der Waals surface area contributed by atoms with Crippen LogP contribution < -0.4 is 4.74 Å². The van der Waals surface area contributed by atoms with Crippen LogP contribution in [-0.2, 0) is 27.3 Å². The minimum absolute atomic E-state index is 0.149. The quantitative estimate of drug-likeness (QED) is 0.642. The minimum atomic E-state index is -0.580. The van der Waals surface area contributed by atoms with Crippen molar-refractivity contribution in [3.8, 4) is 5.75 Å². The summed E-state index contributed by atoms with van der Waals surface area (Å²) in [6.45, 7) is 6.54. The topological polar surface area (TPSA) is 44.8 Å². The molecule has 134 valence electrons.